The minimum atomic E-state index is -0.346. The molecule has 3 nitrogen and oxygen atoms in total. The Balaban J connectivity index is 1.49. The molecule has 3 aromatic carbocycles. The molecule has 5 rings (SSSR count). The lowest BCUT2D eigenvalue weighted by molar-refractivity contribution is -0.0454. The summed E-state index contributed by atoms with van der Waals surface area (Å²) in [5.41, 5.74) is 2.62. The summed E-state index contributed by atoms with van der Waals surface area (Å²) in [6, 6.07) is 30.7. The van der Waals surface area contributed by atoms with Crippen LogP contribution in [0.2, 0.25) is 0 Å². The van der Waals surface area contributed by atoms with Crippen LogP contribution < -0.4 is 0 Å². The van der Waals surface area contributed by atoms with Crippen molar-refractivity contribution in [2.24, 2.45) is 0 Å². The van der Waals surface area contributed by atoms with Gasteiger partial charge in [-0.1, -0.05) is 115 Å². The normalized spacial score (nSPS) is 24.1. The average Bonchev–Trinajstić information content (AvgIpc) is 2.91. The lowest BCUT2D eigenvalue weighted by atomic mass is 9.67. The Bertz CT molecular complexity index is 1090. The third-order valence-electron chi connectivity index (χ3n) is 7.49. The molecule has 2 heterocycles. The van der Waals surface area contributed by atoms with E-state index in [-0.39, 0.29) is 23.8 Å². The molecule has 0 aliphatic carbocycles. The highest BCUT2D eigenvalue weighted by molar-refractivity contribution is 5.73. The summed E-state index contributed by atoms with van der Waals surface area (Å²) in [4.78, 5) is 15.9. The van der Waals surface area contributed by atoms with Crippen LogP contribution in [-0.2, 0) is 11.3 Å². The predicted molar refractivity (Wildman–Crippen MR) is 143 cm³/mol. The van der Waals surface area contributed by atoms with Crippen molar-refractivity contribution in [3.05, 3.63) is 120 Å². The molecule has 0 aromatic heterocycles. The first-order chi connectivity index (χ1) is 17.2. The van der Waals surface area contributed by atoms with E-state index in [0.29, 0.717) is 0 Å². The van der Waals surface area contributed by atoms with Crippen molar-refractivity contribution in [2.75, 3.05) is 0 Å². The molecular weight excluding hydrogens is 430 g/mol. The van der Waals surface area contributed by atoms with Gasteiger partial charge in [0.25, 0.3) is 0 Å². The minimum Gasteiger partial charge on any atom is -0.445 e. The highest BCUT2D eigenvalue weighted by Gasteiger charge is 2.54. The summed E-state index contributed by atoms with van der Waals surface area (Å²) in [5.74, 6) is 0. The second kappa shape index (κ2) is 10.4. The van der Waals surface area contributed by atoms with Crippen LogP contribution in [0.1, 0.15) is 55.2 Å². The van der Waals surface area contributed by atoms with Gasteiger partial charge >= 0.3 is 6.09 Å². The van der Waals surface area contributed by atoms with E-state index in [9.17, 15) is 4.79 Å². The van der Waals surface area contributed by atoms with Gasteiger partial charge in [0.05, 0.1) is 11.1 Å². The number of hydrogen-bond acceptors (Lipinski definition) is 2. The van der Waals surface area contributed by atoms with Gasteiger partial charge in [0.1, 0.15) is 6.61 Å². The first-order valence-electron chi connectivity index (χ1n) is 12.7. The van der Waals surface area contributed by atoms with E-state index in [4.69, 9.17) is 4.74 Å². The maximum absolute atomic E-state index is 13.9. The second-order valence-electron chi connectivity index (χ2n) is 9.78. The summed E-state index contributed by atoms with van der Waals surface area (Å²) in [7, 11) is 0. The van der Waals surface area contributed by atoms with Crippen molar-refractivity contribution in [1.82, 2.24) is 4.90 Å². The van der Waals surface area contributed by atoms with Gasteiger partial charge in [0.15, 0.2) is 0 Å². The maximum Gasteiger partial charge on any atom is 0.411 e. The molecule has 2 saturated heterocycles. The standard InChI is InChI=1S/C32H33NO2/c34-30(35-26-29-16-8-3-9-17-29)33-31(24-18-27-12-4-1-5-13-27)20-10-22-32(33,23-11-21-31)25-19-28-14-6-2-7-15-28/h1-9,12-19,24-25H,10-11,20-23,26H2/b24-18+,25-19+. The van der Waals surface area contributed by atoms with Gasteiger partial charge < -0.3 is 4.74 Å². The molecule has 1 amide bonds. The van der Waals surface area contributed by atoms with Crippen LogP contribution in [0.3, 0.4) is 0 Å². The lowest BCUT2D eigenvalue weighted by Crippen LogP contribution is -2.66. The molecule has 0 atom stereocenters. The van der Waals surface area contributed by atoms with Crippen molar-refractivity contribution in [2.45, 2.75) is 56.2 Å². The number of ether oxygens (including phenoxy) is 1. The number of piperidine rings is 2. The molecule has 3 heteroatoms. The first-order valence-corrected chi connectivity index (χ1v) is 12.7. The van der Waals surface area contributed by atoms with Crippen LogP contribution in [0.25, 0.3) is 12.2 Å². The Kier molecular flexibility index (Phi) is 6.85. The van der Waals surface area contributed by atoms with Crippen LogP contribution in [0.15, 0.2) is 103 Å². The lowest BCUT2D eigenvalue weighted by Gasteiger charge is -2.59. The summed E-state index contributed by atoms with van der Waals surface area (Å²) in [5, 5.41) is 0. The Morgan fingerprint density at radius 1 is 0.686 bits per heavy atom. The fraction of sp³-hybridized carbons (Fsp3) is 0.281. The molecular formula is C32H33NO2. The number of benzene rings is 3. The monoisotopic (exact) mass is 463 g/mol. The zero-order valence-corrected chi connectivity index (χ0v) is 20.2. The third kappa shape index (κ3) is 5.09. The number of carbonyl (C=O) groups excluding carboxylic acids is 1. The number of fused-ring (bicyclic) bond motifs is 2. The number of rotatable bonds is 6. The van der Waals surface area contributed by atoms with Crippen LogP contribution in [0, 0.1) is 0 Å². The summed E-state index contributed by atoms with van der Waals surface area (Å²) in [6.07, 6.45) is 14.7. The zero-order chi connectivity index (χ0) is 24.0. The van der Waals surface area contributed by atoms with Crippen molar-refractivity contribution < 1.29 is 9.53 Å². The molecule has 0 spiro atoms. The van der Waals surface area contributed by atoms with Crippen LogP contribution in [0.5, 0.6) is 0 Å². The number of amides is 1. The SMILES string of the molecule is O=C(OCc1ccccc1)N1C2(/C=C/c3ccccc3)CCCC1(/C=C/c1ccccc1)CCC2. The second-order valence-corrected chi connectivity index (χ2v) is 9.78. The highest BCUT2D eigenvalue weighted by Crippen LogP contribution is 2.50. The third-order valence-corrected chi connectivity index (χ3v) is 7.49. The molecule has 2 bridgehead atoms. The van der Waals surface area contributed by atoms with Gasteiger partial charge in [0.2, 0.25) is 0 Å². The van der Waals surface area contributed by atoms with E-state index in [1.54, 1.807) is 0 Å². The molecule has 2 aliphatic rings. The van der Waals surface area contributed by atoms with E-state index < -0.39 is 0 Å². The van der Waals surface area contributed by atoms with Gasteiger partial charge in [-0.05, 0) is 55.2 Å². The summed E-state index contributed by atoms with van der Waals surface area (Å²) >= 11 is 0. The van der Waals surface area contributed by atoms with Crippen LogP contribution >= 0.6 is 0 Å². The van der Waals surface area contributed by atoms with Gasteiger partial charge in [-0.25, -0.2) is 4.79 Å². The van der Waals surface area contributed by atoms with E-state index in [1.807, 2.05) is 42.5 Å². The number of carbonyl (C=O) groups is 1. The molecule has 0 N–H and O–H groups in total. The fourth-order valence-corrected chi connectivity index (χ4v) is 5.80. The topological polar surface area (TPSA) is 29.5 Å². The van der Waals surface area contributed by atoms with Crippen LogP contribution in [-0.4, -0.2) is 22.1 Å². The van der Waals surface area contributed by atoms with Gasteiger partial charge in [-0.3, -0.25) is 4.90 Å². The molecule has 0 unspecified atom stereocenters. The van der Waals surface area contributed by atoms with Gasteiger partial charge in [-0.2, -0.15) is 0 Å². The van der Waals surface area contributed by atoms with Crippen molar-refractivity contribution in [1.29, 1.82) is 0 Å². The van der Waals surface area contributed by atoms with E-state index in [2.05, 4.69) is 77.7 Å². The fourth-order valence-electron chi connectivity index (χ4n) is 5.80. The Morgan fingerprint density at radius 3 is 1.57 bits per heavy atom. The Morgan fingerprint density at radius 2 is 1.11 bits per heavy atom. The molecule has 178 valence electrons. The molecule has 0 radical (unpaired) electrons. The van der Waals surface area contributed by atoms with Crippen molar-refractivity contribution in [3.63, 3.8) is 0 Å². The Labute approximate surface area is 208 Å². The average molecular weight is 464 g/mol. The quantitative estimate of drug-likeness (QED) is 0.372. The summed E-state index contributed by atoms with van der Waals surface area (Å²) in [6.45, 7) is 0.285. The van der Waals surface area contributed by atoms with E-state index in [0.717, 1.165) is 55.2 Å². The predicted octanol–water partition coefficient (Wildman–Crippen LogP) is 7.90. The minimum absolute atomic E-state index is 0.219. The molecule has 0 saturated carbocycles. The van der Waals surface area contributed by atoms with E-state index >= 15 is 0 Å². The number of nitrogens with zero attached hydrogens (tertiary/aromatic N) is 1. The first kappa shape index (κ1) is 23.2. The Hall–Kier alpha value is -3.59. The maximum atomic E-state index is 13.9. The van der Waals surface area contributed by atoms with Crippen LogP contribution in [0.4, 0.5) is 4.79 Å². The zero-order valence-electron chi connectivity index (χ0n) is 20.2. The molecule has 3 aromatic rings. The largest absolute Gasteiger partial charge is 0.445 e. The smallest absolute Gasteiger partial charge is 0.411 e. The highest BCUT2D eigenvalue weighted by atomic mass is 16.6. The molecule has 35 heavy (non-hydrogen) atoms. The van der Waals surface area contributed by atoms with E-state index in [1.165, 1.54) is 0 Å². The molecule has 2 aliphatic heterocycles. The van der Waals surface area contributed by atoms with Crippen molar-refractivity contribution >= 4 is 18.2 Å². The van der Waals surface area contributed by atoms with Gasteiger partial charge in [-0.15, -0.1) is 0 Å². The number of hydrogen-bond donors (Lipinski definition) is 0. The van der Waals surface area contributed by atoms with Crippen molar-refractivity contribution in [3.8, 4) is 0 Å². The molecule has 2 fully saturated rings. The summed E-state index contributed by atoms with van der Waals surface area (Å²) < 4.78 is 5.98. The van der Waals surface area contributed by atoms with Gasteiger partial charge in [0, 0.05) is 0 Å².